The third kappa shape index (κ3) is 4.20. The summed E-state index contributed by atoms with van der Waals surface area (Å²) in [5, 5.41) is 7.54. The summed E-state index contributed by atoms with van der Waals surface area (Å²) in [4.78, 5) is 43.3. The predicted octanol–water partition coefficient (Wildman–Crippen LogP) is 4.23. The summed E-state index contributed by atoms with van der Waals surface area (Å²) in [7, 11) is 0. The molecule has 1 aromatic heterocycles. The van der Waals surface area contributed by atoms with Crippen molar-refractivity contribution in [3.05, 3.63) is 76.4 Å². The van der Waals surface area contributed by atoms with Crippen LogP contribution in [0.2, 0.25) is 0 Å². The Bertz CT molecular complexity index is 1230. The van der Waals surface area contributed by atoms with Crippen molar-refractivity contribution in [2.75, 3.05) is 22.1 Å². The summed E-state index contributed by atoms with van der Waals surface area (Å²) in [6, 6.07) is 13.2. The molecule has 0 atom stereocenters. The number of ether oxygens (including phenoxy) is 1. The number of halogens is 1. The van der Waals surface area contributed by atoms with Crippen LogP contribution in [0.4, 0.5) is 16.5 Å². The zero-order chi connectivity index (χ0) is 22.7. The van der Waals surface area contributed by atoms with Crippen molar-refractivity contribution in [1.82, 2.24) is 4.98 Å². The lowest BCUT2D eigenvalue weighted by molar-refractivity contribution is -0.120. The van der Waals surface area contributed by atoms with Crippen molar-refractivity contribution in [1.29, 1.82) is 0 Å². The van der Waals surface area contributed by atoms with Gasteiger partial charge in [-0.25, -0.2) is 9.88 Å². The van der Waals surface area contributed by atoms with Gasteiger partial charge in [0.2, 0.25) is 0 Å². The monoisotopic (exact) mass is 468 g/mol. The molecule has 2 aromatic carbocycles. The zero-order valence-corrected chi connectivity index (χ0v) is 18.4. The summed E-state index contributed by atoms with van der Waals surface area (Å²) >= 11 is 7.52. The first-order valence-electron chi connectivity index (χ1n) is 9.58. The average molecular weight is 469 g/mol. The van der Waals surface area contributed by atoms with Gasteiger partial charge in [-0.3, -0.25) is 19.7 Å². The Balaban J connectivity index is 1.57. The summed E-state index contributed by atoms with van der Waals surface area (Å²) in [6.45, 7) is 2.18. The van der Waals surface area contributed by atoms with Crippen LogP contribution in [0.3, 0.4) is 0 Å². The van der Waals surface area contributed by atoms with Crippen LogP contribution >= 0.6 is 22.9 Å². The molecule has 3 amide bonds. The summed E-state index contributed by atoms with van der Waals surface area (Å²) in [6.07, 6.45) is 1.59. The van der Waals surface area contributed by atoms with Crippen molar-refractivity contribution in [2.24, 2.45) is 0 Å². The molecule has 0 saturated heterocycles. The van der Waals surface area contributed by atoms with Crippen molar-refractivity contribution in [2.45, 2.75) is 6.92 Å². The minimum Gasteiger partial charge on any atom is -0.492 e. The minimum atomic E-state index is -0.663. The maximum atomic E-state index is 13.1. The van der Waals surface area contributed by atoms with Gasteiger partial charge in [-0.15, -0.1) is 11.3 Å². The van der Waals surface area contributed by atoms with Crippen LogP contribution in [0.5, 0.6) is 5.75 Å². The number of benzene rings is 2. The Hall–Kier alpha value is -3.69. The number of amides is 3. The lowest BCUT2D eigenvalue weighted by Crippen LogP contribution is -2.32. The van der Waals surface area contributed by atoms with Gasteiger partial charge >= 0.3 is 0 Å². The fraction of sp³-hybridized carbons (Fsp3) is 0.0909. The van der Waals surface area contributed by atoms with Crippen LogP contribution in [0.1, 0.15) is 17.3 Å². The molecular formula is C22H17ClN4O4S. The highest BCUT2D eigenvalue weighted by Crippen LogP contribution is 2.35. The van der Waals surface area contributed by atoms with E-state index in [1.165, 1.54) is 11.3 Å². The van der Waals surface area contributed by atoms with Gasteiger partial charge in [0.05, 0.1) is 12.3 Å². The molecule has 1 aliphatic rings. The first-order valence-corrected chi connectivity index (χ1v) is 10.8. The third-order valence-electron chi connectivity index (χ3n) is 4.48. The molecule has 2 heterocycles. The fourth-order valence-electron chi connectivity index (χ4n) is 3.09. The van der Waals surface area contributed by atoms with Crippen LogP contribution < -0.4 is 20.3 Å². The number of imide groups is 1. The van der Waals surface area contributed by atoms with Crippen LogP contribution in [0, 0.1) is 0 Å². The summed E-state index contributed by atoms with van der Waals surface area (Å²) in [5.74, 6) is -1.25. The number of thiazole rings is 1. The number of hydrogen-bond donors (Lipinski definition) is 2. The van der Waals surface area contributed by atoms with Gasteiger partial charge in [-0.1, -0.05) is 29.8 Å². The molecule has 4 rings (SSSR count). The van der Waals surface area contributed by atoms with E-state index in [1.807, 2.05) is 0 Å². The molecule has 2 N–H and O–H groups in total. The number of carbonyl (C=O) groups is 3. The fourth-order valence-corrected chi connectivity index (χ4v) is 3.82. The minimum absolute atomic E-state index is 0.0829. The van der Waals surface area contributed by atoms with E-state index < -0.39 is 11.8 Å². The van der Waals surface area contributed by atoms with E-state index in [0.29, 0.717) is 34.4 Å². The molecule has 32 heavy (non-hydrogen) atoms. The van der Waals surface area contributed by atoms with Crippen LogP contribution in [-0.2, 0) is 9.59 Å². The van der Waals surface area contributed by atoms with Gasteiger partial charge in [-0.05, 0) is 37.3 Å². The normalized spacial score (nSPS) is 13.5. The second kappa shape index (κ2) is 9.21. The second-order valence-corrected chi connectivity index (χ2v) is 7.81. The number of nitrogens with zero attached hydrogens (tertiary/aromatic N) is 2. The highest BCUT2D eigenvalue weighted by molar-refractivity contribution is 7.13. The molecule has 0 saturated carbocycles. The standard InChI is InChI=1S/C22H17ClN4O4S/c1-2-31-16-9-4-3-8-15(16)27-20(29)17(23)18(21(27)30)25-14-7-5-6-13(12-14)19(28)26-22-24-10-11-32-22/h3-12,25H,2H2,1H3,(H,24,26,28). The van der Waals surface area contributed by atoms with E-state index in [1.54, 1.807) is 67.0 Å². The first kappa shape index (κ1) is 21.5. The van der Waals surface area contributed by atoms with E-state index >= 15 is 0 Å². The van der Waals surface area contributed by atoms with Gasteiger partial charge < -0.3 is 10.1 Å². The highest BCUT2D eigenvalue weighted by atomic mass is 35.5. The Morgan fingerprint density at radius 3 is 2.72 bits per heavy atom. The van der Waals surface area contributed by atoms with E-state index in [2.05, 4.69) is 15.6 Å². The average Bonchev–Trinajstić information content (AvgIpc) is 3.37. The Labute approximate surface area is 192 Å². The number of rotatable bonds is 7. The largest absolute Gasteiger partial charge is 0.492 e. The maximum absolute atomic E-state index is 13.1. The quantitative estimate of drug-likeness (QED) is 0.503. The predicted molar refractivity (Wildman–Crippen MR) is 123 cm³/mol. The molecule has 8 nitrogen and oxygen atoms in total. The van der Waals surface area contributed by atoms with Gasteiger partial charge in [0.15, 0.2) is 5.13 Å². The Morgan fingerprint density at radius 1 is 1.16 bits per heavy atom. The smallest absolute Gasteiger partial charge is 0.283 e. The van der Waals surface area contributed by atoms with Crippen LogP contribution in [-0.4, -0.2) is 29.3 Å². The SMILES string of the molecule is CCOc1ccccc1N1C(=O)C(Cl)=C(Nc2cccc(C(=O)Nc3nccs3)c2)C1=O. The van der Waals surface area contributed by atoms with Gasteiger partial charge in [0.1, 0.15) is 16.5 Å². The number of hydrogen-bond acceptors (Lipinski definition) is 7. The Morgan fingerprint density at radius 2 is 1.97 bits per heavy atom. The van der Waals surface area contributed by atoms with Crippen LogP contribution in [0.15, 0.2) is 70.8 Å². The van der Waals surface area contributed by atoms with Gasteiger partial charge in [0.25, 0.3) is 17.7 Å². The Kier molecular flexibility index (Phi) is 6.20. The molecule has 0 fully saturated rings. The number of nitrogens with one attached hydrogen (secondary N) is 2. The molecule has 1 aliphatic heterocycles. The van der Waals surface area contributed by atoms with E-state index in [9.17, 15) is 14.4 Å². The molecule has 0 unspecified atom stereocenters. The van der Waals surface area contributed by atoms with Gasteiger partial charge in [0, 0.05) is 22.8 Å². The van der Waals surface area contributed by atoms with Crippen molar-refractivity contribution in [3.8, 4) is 5.75 Å². The molecule has 0 spiro atoms. The number of anilines is 3. The molecule has 3 aromatic rings. The van der Waals surface area contributed by atoms with E-state index in [4.69, 9.17) is 16.3 Å². The molecular weight excluding hydrogens is 452 g/mol. The van der Waals surface area contributed by atoms with E-state index in [0.717, 1.165) is 4.90 Å². The van der Waals surface area contributed by atoms with E-state index in [-0.39, 0.29) is 16.6 Å². The molecule has 10 heteroatoms. The lowest BCUT2D eigenvalue weighted by atomic mass is 10.2. The van der Waals surface area contributed by atoms with Crippen molar-refractivity contribution < 1.29 is 19.1 Å². The number of para-hydroxylation sites is 2. The number of carbonyl (C=O) groups excluding carboxylic acids is 3. The molecule has 162 valence electrons. The first-order chi connectivity index (χ1) is 15.5. The third-order valence-corrected chi connectivity index (χ3v) is 5.52. The van der Waals surface area contributed by atoms with Crippen molar-refractivity contribution >= 4 is 57.2 Å². The molecule has 0 radical (unpaired) electrons. The summed E-state index contributed by atoms with van der Waals surface area (Å²) < 4.78 is 5.54. The molecule has 0 bridgehead atoms. The summed E-state index contributed by atoms with van der Waals surface area (Å²) in [5.41, 5.74) is 0.986. The highest BCUT2D eigenvalue weighted by Gasteiger charge is 2.40. The topological polar surface area (TPSA) is 101 Å². The number of aromatic nitrogens is 1. The lowest BCUT2D eigenvalue weighted by Gasteiger charge is -2.18. The second-order valence-electron chi connectivity index (χ2n) is 6.53. The van der Waals surface area contributed by atoms with Crippen molar-refractivity contribution in [3.63, 3.8) is 0 Å². The maximum Gasteiger partial charge on any atom is 0.283 e. The van der Waals surface area contributed by atoms with Crippen LogP contribution in [0.25, 0.3) is 0 Å². The zero-order valence-electron chi connectivity index (χ0n) is 16.8. The molecule has 0 aliphatic carbocycles. The van der Waals surface area contributed by atoms with Gasteiger partial charge in [-0.2, -0.15) is 0 Å².